The van der Waals surface area contributed by atoms with Crippen LogP contribution in [0.4, 0.5) is 11.5 Å². The van der Waals surface area contributed by atoms with Gasteiger partial charge in [-0.3, -0.25) is 0 Å². The van der Waals surface area contributed by atoms with E-state index in [0.717, 1.165) is 36.7 Å². The van der Waals surface area contributed by atoms with Crippen molar-refractivity contribution in [2.45, 2.75) is 25.8 Å². The van der Waals surface area contributed by atoms with E-state index in [-0.39, 0.29) is 12.6 Å². The maximum Gasteiger partial charge on any atom is 0.126 e. The number of nitrogens with zero attached hydrogens (tertiary/aromatic N) is 2. The van der Waals surface area contributed by atoms with Crippen LogP contribution in [0.15, 0.2) is 36.5 Å². The minimum absolute atomic E-state index is 0.134. The van der Waals surface area contributed by atoms with Gasteiger partial charge in [0.05, 0.1) is 31.1 Å². The number of benzene rings is 1. The second-order valence-corrected chi connectivity index (χ2v) is 6.28. The van der Waals surface area contributed by atoms with E-state index in [4.69, 9.17) is 9.84 Å². The summed E-state index contributed by atoms with van der Waals surface area (Å²) in [6.07, 6.45) is 3.87. The first kappa shape index (κ1) is 16.6. The molecule has 1 aliphatic rings. The van der Waals surface area contributed by atoms with Gasteiger partial charge in [0.2, 0.25) is 0 Å². The van der Waals surface area contributed by atoms with Gasteiger partial charge in [0.15, 0.2) is 0 Å². The predicted octanol–water partition coefficient (Wildman–Crippen LogP) is 3.14. The third-order valence-electron chi connectivity index (χ3n) is 4.38. The summed E-state index contributed by atoms with van der Waals surface area (Å²) >= 11 is 0. The smallest absolute Gasteiger partial charge is 0.126 e. The zero-order chi connectivity index (χ0) is 16.9. The van der Waals surface area contributed by atoms with Gasteiger partial charge in [-0.2, -0.15) is 0 Å². The topological polar surface area (TPSA) is 57.6 Å². The van der Waals surface area contributed by atoms with Gasteiger partial charge in [-0.1, -0.05) is 17.7 Å². The highest BCUT2D eigenvalue weighted by atomic mass is 16.5. The molecule has 128 valence electrons. The van der Waals surface area contributed by atoms with Crippen molar-refractivity contribution in [3.63, 3.8) is 0 Å². The number of ether oxygens (including phenoxy) is 1. The lowest BCUT2D eigenvalue weighted by molar-refractivity contribution is 0.304. The van der Waals surface area contributed by atoms with Crippen LogP contribution in [0.2, 0.25) is 0 Å². The lowest BCUT2D eigenvalue weighted by Crippen LogP contribution is -2.21. The van der Waals surface area contributed by atoms with E-state index in [9.17, 15) is 0 Å². The Labute approximate surface area is 143 Å². The third kappa shape index (κ3) is 3.79. The molecule has 5 nitrogen and oxygen atoms in total. The Morgan fingerprint density at radius 2 is 2.21 bits per heavy atom. The van der Waals surface area contributed by atoms with Crippen molar-refractivity contribution in [2.75, 3.05) is 37.0 Å². The predicted molar refractivity (Wildman–Crippen MR) is 96.9 cm³/mol. The molecule has 0 amide bonds. The van der Waals surface area contributed by atoms with Crippen LogP contribution in [-0.4, -0.2) is 36.9 Å². The fourth-order valence-corrected chi connectivity index (χ4v) is 3.00. The molecule has 1 aromatic heterocycles. The molecule has 0 spiro atoms. The highest BCUT2D eigenvalue weighted by Gasteiger charge is 2.20. The van der Waals surface area contributed by atoms with Gasteiger partial charge >= 0.3 is 0 Å². The maximum atomic E-state index is 9.02. The van der Waals surface area contributed by atoms with Gasteiger partial charge < -0.3 is 20.1 Å². The van der Waals surface area contributed by atoms with Crippen molar-refractivity contribution in [1.82, 2.24) is 4.98 Å². The number of anilines is 2. The molecule has 0 bridgehead atoms. The Hall–Kier alpha value is -2.27. The second-order valence-electron chi connectivity index (χ2n) is 6.28. The monoisotopic (exact) mass is 327 g/mol. The molecule has 2 N–H and O–H groups in total. The molecule has 1 aliphatic heterocycles. The Morgan fingerprint density at radius 1 is 1.33 bits per heavy atom. The molecule has 0 saturated carbocycles. The van der Waals surface area contributed by atoms with Crippen molar-refractivity contribution in [1.29, 1.82) is 0 Å². The summed E-state index contributed by atoms with van der Waals surface area (Å²) in [6, 6.07) is 10.6. The van der Waals surface area contributed by atoms with Crippen molar-refractivity contribution in [3.05, 3.63) is 47.7 Å². The number of aromatic nitrogens is 1. The molecule has 3 rings (SSSR count). The first-order chi connectivity index (χ1) is 11.7. The zero-order valence-electron chi connectivity index (χ0n) is 14.3. The minimum atomic E-state index is 0.134. The van der Waals surface area contributed by atoms with Crippen LogP contribution in [0.1, 0.15) is 30.0 Å². The summed E-state index contributed by atoms with van der Waals surface area (Å²) in [6.45, 7) is 3.59. The van der Waals surface area contributed by atoms with Gasteiger partial charge in [0.1, 0.15) is 11.6 Å². The van der Waals surface area contributed by atoms with Gasteiger partial charge in [-0.25, -0.2) is 4.98 Å². The summed E-state index contributed by atoms with van der Waals surface area (Å²) in [5.41, 5.74) is 3.44. The zero-order valence-corrected chi connectivity index (χ0v) is 14.3. The molecular weight excluding hydrogens is 302 g/mol. The number of rotatable bonds is 5. The van der Waals surface area contributed by atoms with E-state index in [1.54, 1.807) is 0 Å². The molecule has 5 heteroatoms. The number of aryl methyl sites for hydroxylation is 1. The van der Waals surface area contributed by atoms with Crippen LogP contribution < -0.4 is 15.0 Å². The summed E-state index contributed by atoms with van der Waals surface area (Å²) in [4.78, 5) is 6.51. The lowest BCUT2D eigenvalue weighted by Gasteiger charge is -2.21. The normalized spacial score (nSPS) is 16.7. The van der Waals surface area contributed by atoms with Crippen molar-refractivity contribution in [3.8, 4) is 5.75 Å². The van der Waals surface area contributed by atoms with Gasteiger partial charge in [-0.05, 0) is 38.0 Å². The average molecular weight is 327 g/mol. The van der Waals surface area contributed by atoms with Crippen molar-refractivity contribution >= 4 is 11.5 Å². The largest absolute Gasteiger partial charge is 0.493 e. The third-order valence-corrected chi connectivity index (χ3v) is 4.38. The van der Waals surface area contributed by atoms with Crippen LogP contribution in [0.3, 0.4) is 0 Å². The molecule has 0 aliphatic carbocycles. The molecule has 24 heavy (non-hydrogen) atoms. The van der Waals surface area contributed by atoms with E-state index in [1.165, 1.54) is 11.1 Å². The van der Waals surface area contributed by atoms with Crippen LogP contribution in [-0.2, 0) is 0 Å². The number of likely N-dealkylation sites (N-methyl/N-ethyl adjacent to an activating group) is 1. The molecule has 2 heterocycles. The number of hydrogen-bond donors (Lipinski definition) is 2. The number of hydrogen-bond acceptors (Lipinski definition) is 5. The van der Waals surface area contributed by atoms with Gasteiger partial charge in [-0.15, -0.1) is 0 Å². The Bertz CT molecular complexity index is 673. The van der Waals surface area contributed by atoms with Gasteiger partial charge in [0, 0.05) is 19.2 Å². The van der Waals surface area contributed by atoms with Crippen LogP contribution in [0.25, 0.3) is 0 Å². The SMILES string of the molecule is Cc1ccc2c(c1)C(Nc1ccc(N(C)CCO)cn1)CCCO2. The number of aliphatic hydroxyl groups excluding tert-OH is 1. The van der Waals surface area contributed by atoms with E-state index in [2.05, 4.69) is 35.4 Å². The van der Waals surface area contributed by atoms with Crippen LogP contribution >= 0.6 is 0 Å². The summed E-state index contributed by atoms with van der Waals surface area (Å²) < 4.78 is 5.86. The molecule has 2 aromatic rings. The fourth-order valence-electron chi connectivity index (χ4n) is 3.00. The second kappa shape index (κ2) is 7.53. The number of nitrogens with one attached hydrogen (secondary N) is 1. The fraction of sp³-hybridized carbons (Fsp3) is 0.421. The summed E-state index contributed by atoms with van der Waals surface area (Å²) in [7, 11) is 1.95. The Balaban J connectivity index is 1.77. The van der Waals surface area contributed by atoms with Crippen molar-refractivity contribution in [2.24, 2.45) is 0 Å². The molecule has 1 unspecified atom stereocenters. The number of pyridine rings is 1. The molecule has 0 fully saturated rings. The highest BCUT2D eigenvalue weighted by Crippen LogP contribution is 2.34. The maximum absolute atomic E-state index is 9.02. The van der Waals surface area contributed by atoms with E-state index >= 15 is 0 Å². The van der Waals surface area contributed by atoms with E-state index in [0.29, 0.717) is 6.54 Å². The molecular formula is C19H25N3O2. The molecule has 0 radical (unpaired) electrons. The van der Waals surface area contributed by atoms with Crippen LogP contribution in [0, 0.1) is 6.92 Å². The molecule has 1 aromatic carbocycles. The van der Waals surface area contributed by atoms with Gasteiger partial charge in [0.25, 0.3) is 0 Å². The van der Waals surface area contributed by atoms with Crippen LogP contribution in [0.5, 0.6) is 5.75 Å². The number of fused-ring (bicyclic) bond motifs is 1. The quantitative estimate of drug-likeness (QED) is 0.883. The highest BCUT2D eigenvalue weighted by molar-refractivity contribution is 5.51. The lowest BCUT2D eigenvalue weighted by atomic mass is 10.00. The Kier molecular flexibility index (Phi) is 5.20. The summed E-state index contributed by atoms with van der Waals surface area (Å²) in [5.74, 6) is 1.82. The Morgan fingerprint density at radius 3 is 2.96 bits per heavy atom. The van der Waals surface area contributed by atoms with E-state index in [1.807, 2.05) is 30.3 Å². The standard InChI is InChI=1S/C19H25N3O2/c1-14-5-7-18-16(12-14)17(4-3-11-24-18)21-19-8-6-15(13-20-19)22(2)9-10-23/h5-8,12-13,17,23H,3-4,9-11H2,1-2H3,(H,20,21). The minimum Gasteiger partial charge on any atom is -0.493 e. The first-order valence-electron chi connectivity index (χ1n) is 8.45. The number of aliphatic hydroxyl groups is 1. The van der Waals surface area contributed by atoms with E-state index < -0.39 is 0 Å². The average Bonchev–Trinajstić information content (AvgIpc) is 2.78. The molecule has 0 saturated heterocycles. The van der Waals surface area contributed by atoms with Crippen molar-refractivity contribution < 1.29 is 9.84 Å². The first-order valence-corrected chi connectivity index (χ1v) is 8.45. The molecule has 1 atom stereocenters. The summed E-state index contributed by atoms with van der Waals surface area (Å²) in [5, 5.41) is 12.6.